The second-order valence-electron chi connectivity index (χ2n) is 4.67. The van der Waals surface area contributed by atoms with Gasteiger partial charge >= 0.3 is 0 Å². The molecule has 0 spiro atoms. The molecule has 94 valence electrons. The summed E-state index contributed by atoms with van der Waals surface area (Å²) in [5, 5.41) is 3.46. The predicted molar refractivity (Wildman–Crippen MR) is 66.9 cm³/mol. The summed E-state index contributed by atoms with van der Waals surface area (Å²) in [5.74, 6) is 0.143. The summed E-state index contributed by atoms with van der Waals surface area (Å²) in [4.78, 5) is 0. The Kier molecular flexibility index (Phi) is 4.37. The van der Waals surface area contributed by atoms with Gasteiger partial charge in [0, 0.05) is 6.04 Å². The molecule has 1 unspecified atom stereocenters. The molecule has 1 aliphatic heterocycles. The summed E-state index contributed by atoms with van der Waals surface area (Å²) < 4.78 is 19.1. The molecule has 2 nitrogen and oxygen atoms in total. The molecule has 1 saturated heterocycles. The quantitative estimate of drug-likeness (QED) is 0.869. The standard InChI is InChI=1S/C14H20FNO/c1-11-5-4-7-13(14(11)15)17-10-8-12-6-2-3-9-16-12/h4-5,7,12,16H,2-3,6,8-10H2,1H3. The van der Waals surface area contributed by atoms with E-state index in [-0.39, 0.29) is 5.82 Å². The number of nitrogens with one attached hydrogen (secondary N) is 1. The fraction of sp³-hybridized carbons (Fsp3) is 0.571. The fourth-order valence-electron chi connectivity index (χ4n) is 2.21. The molecule has 0 saturated carbocycles. The number of aryl methyl sites for hydroxylation is 1. The minimum Gasteiger partial charge on any atom is -0.490 e. The maximum absolute atomic E-state index is 13.6. The van der Waals surface area contributed by atoms with Gasteiger partial charge in [-0.2, -0.15) is 0 Å². The van der Waals surface area contributed by atoms with E-state index in [0.717, 1.165) is 13.0 Å². The van der Waals surface area contributed by atoms with Crippen molar-refractivity contribution >= 4 is 0 Å². The van der Waals surface area contributed by atoms with E-state index in [9.17, 15) is 4.39 Å². The minimum atomic E-state index is -0.232. The van der Waals surface area contributed by atoms with Crippen LogP contribution in [0, 0.1) is 12.7 Å². The molecule has 0 radical (unpaired) electrons. The maximum atomic E-state index is 13.6. The topological polar surface area (TPSA) is 21.3 Å². The van der Waals surface area contributed by atoms with Crippen molar-refractivity contribution in [2.75, 3.05) is 13.2 Å². The summed E-state index contributed by atoms with van der Waals surface area (Å²) in [6, 6.07) is 5.81. The zero-order valence-electron chi connectivity index (χ0n) is 10.3. The number of rotatable bonds is 4. The van der Waals surface area contributed by atoms with E-state index in [1.165, 1.54) is 19.3 Å². The van der Waals surface area contributed by atoms with Gasteiger partial charge in [0.2, 0.25) is 0 Å². The summed E-state index contributed by atoms with van der Waals surface area (Å²) in [7, 11) is 0. The Morgan fingerprint density at radius 3 is 3.06 bits per heavy atom. The Bertz CT molecular complexity index is 361. The van der Waals surface area contributed by atoms with Crippen LogP contribution in [0.1, 0.15) is 31.2 Å². The van der Waals surface area contributed by atoms with Gasteiger partial charge < -0.3 is 10.1 Å². The zero-order chi connectivity index (χ0) is 12.1. The third kappa shape index (κ3) is 3.43. The van der Waals surface area contributed by atoms with Gasteiger partial charge in [-0.3, -0.25) is 0 Å². The highest BCUT2D eigenvalue weighted by molar-refractivity contribution is 5.29. The van der Waals surface area contributed by atoms with Crippen molar-refractivity contribution in [1.82, 2.24) is 5.32 Å². The number of halogens is 1. The predicted octanol–water partition coefficient (Wildman–Crippen LogP) is 3.05. The first kappa shape index (κ1) is 12.4. The Hall–Kier alpha value is -1.09. The molecule has 1 aromatic rings. The normalized spacial score (nSPS) is 20.2. The highest BCUT2D eigenvalue weighted by atomic mass is 19.1. The van der Waals surface area contributed by atoms with Crippen LogP contribution in [0.2, 0.25) is 0 Å². The molecule has 1 heterocycles. The first-order valence-electron chi connectivity index (χ1n) is 6.38. The van der Waals surface area contributed by atoms with Crippen molar-refractivity contribution in [1.29, 1.82) is 0 Å². The molecule has 2 rings (SSSR count). The molecule has 0 aromatic heterocycles. The summed E-state index contributed by atoms with van der Waals surface area (Å²) >= 11 is 0. The van der Waals surface area contributed by atoms with Gasteiger partial charge in [-0.25, -0.2) is 4.39 Å². The van der Waals surface area contributed by atoms with Gasteiger partial charge in [-0.1, -0.05) is 18.6 Å². The lowest BCUT2D eigenvalue weighted by Crippen LogP contribution is -2.35. The van der Waals surface area contributed by atoms with Gasteiger partial charge in [-0.05, 0) is 44.4 Å². The van der Waals surface area contributed by atoms with Crippen molar-refractivity contribution in [2.24, 2.45) is 0 Å². The van der Waals surface area contributed by atoms with Crippen molar-refractivity contribution in [3.63, 3.8) is 0 Å². The van der Waals surface area contributed by atoms with Gasteiger partial charge in [0.05, 0.1) is 6.61 Å². The summed E-state index contributed by atoms with van der Waals surface area (Å²) in [5.41, 5.74) is 0.637. The largest absolute Gasteiger partial charge is 0.490 e. The third-order valence-corrected chi connectivity index (χ3v) is 3.29. The Morgan fingerprint density at radius 2 is 2.29 bits per heavy atom. The van der Waals surface area contributed by atoms with Crippen LogP contribution >= 0.6 is 0 Å². The van der Waals surface area contributed by atoms with Crippen molar-refractivity contribution in [3.05, 3.63) is 29.6 Å². The van der Waals surface area contributed by atoms with Crippen molar-refractivity contribution in [3.8, 4) is 5.75 Å². The number of hydrogen-bond acceptors (Lipinski definition) is 2. The van der Waals surface area contributed by atoms with Crippen LogP contribution in [0.5, 0.6) is 5.75 Å². The molecule has 0 bridgehead atoms. The summed E-state index contributed by atoms with van der Waals surface area (Å²) in [6.45, 7) is 3.44. The number of ether oxygens (including phenoxy) is 1. The zero-order valence-corrected chi connectivity index (χ0v) is 10.3. The number of piperidine rings is 1. The molecular formula is C14H20FNO. The van der Waals surface area contributed by atoms with Gasteiger partial charge in [-0.15, -0.1) is 0 Å². The molecule has 1 aliphatic rings. The Morgan fingerprint density at radius 1 is 1.41 bits per heavy atom. The molecule has 0 aliphatic carbocycles. The molecule has 1 atom stereocenters. The first-order chi connectivity index (χ1) is 8.27. The molecule has 0 amide bonds. The van der Waals surface area contributed by atoms with Crippen LogP contribution in [-0.4, -0.2) is 19.2 Å². The van der Waals surface area contributed by atoms with Gasteiger partial charge in [0.25, 0.3) is 0 Å². The van der Waals surface area contributed by atoms with E-state index in [2.05, 4.69) is 5.32 Å². The van der Waals surface area contributed by atoms with Crippen LogP contribution < -0.4 is 10.1 Å². The second kappa shape index (κ2) is 6.01. The smallest absolute Gasteiger partial charge is 0.167 e. The van der Waals surface area contributed by atoms with E-state index < -0.39 is 0 Å². The number of hydrogen-bond donors (Lipinski definition) is 1. The van der Waals surface area contributed by atoms with Crippen LogP contribution in [-0.2, 0) is 0 Å². The van der Waals surface area contributed by atoms with Crippen molar-refractivity contribution < 1.29 is 9.13 Å². The monoisotopic (exact) mass is 237 g/mol. The van der Waals surface area contributed by atoms with E-state index in [4.69, 9.17) is 4.74 Å². The van der Waals surface area contributed by atoms with Crippen molar-refractivity contribution in [2.45, 2.75) is 38.6 Å². The molecule has 1 aromatic carbocycles. The van der Waals surface area contributed by atoms with Gasteiger partial charge in [0.1, 0.15) is 0 Å². The van der Waals surface area contributed by atoms with Crippen LogP contribution in [0.4, 0.5) is 4.39 Å². The molecular weight excluding hydrogens is 217 g/mol. The average Bonchev–Trinajstić information content (AvgIpc) is 2.36. The SMILES string of the molecule is Cc1cccc(OCCC2CCCCN2)c1F. The van der Waals surface area contributed by atoms with E-state index in [1.54, 1.807) is 19.1 Å². The van der Waals surface area contributed by atoms with E-state index >= 15 is 0 Å². The van der Waals surface area contributed by atoms with Crippen LogP contribution in [0.15, 0.2) is 18.2 Å². The summed E-state index contributed by atoms with van der Waals surface area (Å²) in [6.07, 6.45) is 4.72. The van der Waals surface area contributed by atoms with Crippen LogP contribution in [0.3, 0.4) is 0 Å². The average molecular weight is 237 g/mol. The van der Waals surface area contributed by atoms with E-state index in [1.807, 2.05) is 6.07 Å². The third-order valence-electron chi connectivity index (χ3n) is 3.29. The Labute approximate surface area is 102 Å². The molecule has 17 heavy (non-hydrogen) atoms. The minimum absolute atomic E-state index is 0.232. The Balaban J connectivity index is 1.79. The lowest BCUT2D eigenvalue weighted by molar-refractivity contribution is 0.258. The van der Waals surface area contributed by atoms with Gasteiger partial charge in [0.15, 0.2) is 11.6 Å². The molecule has 1 fully saturated rings. The lowest BCUT2D eigenvalue weighted by Gasteiger charge is -2.23. The lowest BCUT2D eigenvalue weighted by atomic mass is 10.0. The number of benzene rings is 1. The first-order valence-corrected chi connectivity index (χ1v) is 6.38. The maximum Gasteiger partial charge on any atom is 0.167 e. The second-order valence-corrected chi connectivity index (χ2v) is 4.67. The van der Waals surface area contributed by atoms with E-state index in [0.29, 0.717) is 24.0 Å². The highest BCUT2D eigenvalue weighted by Gasteiger charge is 2.13. The molecule has 3 heteroatoms. The highest BCUT2D eigenvalue weighted by Crippen LogP contribution is 2.20. The fourth-order valence-corrected chi connectivity index (χ4v) is 2.21. The molecule has 1 N–H and O–H groups in total. The van der Waals surface area contributed by atoms with Crippen LogP contribution in [0.25, 0.3) is 0 Å².